The molecule has 0 spiro atoms. The Morgan fingerprint density at radius 1 is 1.04 bits per heavy atom. The van der Waals surface area contributed by atoms with Gasteiger partial charge in [-0.3, -0.25) is 14.2 Å². The molecule has 2 amide bonds. The summed E-state index contributed by atoms with van der Waals surface area (Å²) in [5.41, 5.74) is 3.10. The van der Waals surface area contributed by atoms with Crippen LogP contribution in [0.25, 0.3) is 5.69 Å². The standard InChI is InChI=1S/C20H20N4O3/c1-13-12-21-20(27)24(13)18-8-4-15(5-9-18)19(26)22-16-6-10-17(11-7-16)23(3)14(2)25/h4-12H,1-3H3,(H,21,27)(H,22,26). The topological polar surface area (TPSA) is 87.2 Å². The molecule has 3 rings (SSSR count). The average Bonchev–Trinajstić information content (AvgIpc) is 3.00. The third-order valence-electron chi connectivity index (χ3n) is 4.33. The van der Waals surface area contributed by atoms with Gasteiger partial charge in [0.25, 0.3) is 5.91 Å². The average molecular weight is 364 g/mol. The van der Waals surface area contributed by atoms with E-state index in [0.29, 0.717) is 16.9 Å². The van der Waals surface area contributed by atoms with Gasteiger partial charge >= 0.3 is 5.69 Å². The minimum Gasteiger partial charge on any atom is -0.322 e. The molecule has 27 heavy (non-hydrogen) atoms. The molecule has 0 aliphatic heterocycles. The predicted molar refractivity (Wildman–Crippen MR) is 105 cm³/mol. The van der Waals surface area contributed by atoms with Gasteiger partial charge in [0.2, 0.25) is 5.91 Å². The number of amides is 2. The van der Waals surface area contributed by atoms with Gasteiger partial charge in [-0.1, -0.05) is 0 Å². The van der Waals surface area contributed by atoms with Gasteiger partial charge in [-0.25, -0.2) is 4.79 Å². The van der Waals surface area contributed by atoms with Gasteiger partial charge in [0, 0.05) is 42.8 Å². The zero-order chi connectivity index (χ0) is 19.6. The van der Waals surface area contributed by atoms with Gasteiger partial charge in [-0.05, 0) is 55.5 Å². The van der Waals surface area contributed by atoms with E-state index in [1.165, 1.54) is 16.4 Å². The number of aromatic nitrogens is 2. The van der Waals surface area contributed by atoms with E-state index in [1.807, 2.05) is 6.92 Å². The summed E-state index contributed by atoms with van der Waals surface area (Å²) in [4.78, 5) is 39.8. The molecule has 0 saturated carbocycles. The summed E-state index contributed by atoms with van der Waals surface area (Å²) in [6, 6.07) is 13.8. The lowest BCUT2D eigenvalue weighted by Gasteiger charge is -2.15. The number of hydrogen-bond acceptors (Lipinski definition) is 3. The first-order chi connectivity index (χ1) is 12.9. The number of rotatable bonds is 4. The normalized spacial score (nSPS) is 10.5. The SMILES string of the molecule is CC(=O)N(C)c1ccc(NC(=O)c2ccc(-n3c(C)c[nH]c3=O)cc2)cc1. The van der Waals surface area contributed by atoms with Crippen LogP contribution >= 0.6 is 0 Å². The highest BCUT2D eigenvalue weighted by Crippen LogP contribution is 2.18. The Bertz CT molecular complexity index is 1030. The first-order valence-electron chi connectivity index (χ1n) is 8.40. The number of carbonyl (C=O) groups excluding carboxylic acids is 2. The maximum absolute atomic E-state index is 12.4. The van der Waals surface area contributed by atoms with Crippen molar-refractivity contribution in [1.82, 2.24) is 9.55 Å². The number of anilines is 2. The summed E-state index contributed by atoms with van der Waals surface area (Å²) >= 11 is 0. The number of carbonyl (C=O) groups is 2. The van der Waals surface area contributed by atoms with Crippen LogP contribution in [0.3, 0.4) is 0 Å². The highest BCUT2D eigenvalue weighted by molar-refractivity contribution is 6.04. The monoisotopic (exact) mass is 364 g/mol. The number of hydrogen-bond donors (Lipinski definition) is 2. The van der Waals surface area contributed by atoms with Crippen LogP contribution in [0.2, 0.25) is 0 Å². The molecule has 0 radical (unpaired) electrons. The number of nitrogens with zero attached hydrogens (tertiary/aromatic N) is 2. The Morgan fingerprint density at radius 2 is 1.67 bits per heavy atom. The second-order valence-electron chi connectivity index (χ2n) is 6.20. The summed E-state index contributed by atoms with van der Waals surface area (Å²) in [5, 5.41) is 2.81. The lowest BCUT2D eigenvalue weighted by Crippen LogP contribution is -2.22. The Kier molecular flexibility index (Phi) is 4.94. The zero-order valence-electron chi connectivity index (χ0n) is 15.3. The van der Waals surface area contributed by atoms with Gasteiger partial charge < -0.3 is 15.2 Å². The molecule has 138 valence electrons. The van der Waals surface area contributed by atoms with Crippen molar-refractivity contribution in [3.63, 3.8) is 0 Å². The Balaban J connectivity index is 1.73. The van der Waals surface area contributed by atoms with Crippen molar-refractivity contribution >= 4 is 23.2 Å². The number of aryl methyl sites for hydroxylation is 1. The van der Waals surface area contributed by atoms with E-state index in [4.69, 9.17) is 0 Å². The van der Waals surface area contributed by atoms with E-state index in [9.17, 15) is 14.4 Å². The molecule has 0 saturated heterocycles. The van der Waals surface area contributed by atoms with Gasteiger partial charge in [0.05, 0.1) is 5.69 Å². The Hall–Kier alpha value is -3.61. The van der Waals surface area contributed by atoms with E-state index in [0.717, 1.165) is 11.4 Å². The highest BCUT2D eigenvalue weighted by Gasteiger charge is 2.10. The third kappa shape index (κ3) is 3.82. The molecule has 0 aliphatic rings. The van der Waals surface area contributed by atoms with Gasteiger partial charge in [0.15, 0.2) is 0 Å². The van der Waals surface area contributed by atoms with Crippen LogP contribution in [0.5, 0.6) is 0 Å². The van der Waals surface area contributed by atoms with Crippen molar-refractivity contribution in [3.8, 4) is 5.69 Å². The van der Waals surface area contributed by atoms with Crippen LogP contribution in [0.1, 0.15) is 23.0 Å². The van der Waals surface area contributed by atoms with Crippen LogP contribution in [0, 0.1) is 6.92 Å². The maximum Gasteiger partial charge on any atom is 0.330 e. The maximum atomic E-state index is 12.4. The molecule has 1 heterocycles. The molecule has 7 nitrogen and oxygen atoms in total. The zero-order valence-corrected chi connectivity index (χ0v) is 15.3. The molecule has 0 atom stereocenters. The van der Waals surface area contributed by atoms with E-state index in [1.54, 1.807) is 61.8 Å². The van der Waals surface area contributed by atoms with Gasteiger partial charge in [-0.15, -0.1) is 0 Å². The van der Waals surface area contributed by atoms with Crippen molar-refractivity contribution in [2.24, 2.45) is 0 Å². The summed E-state index contributed by atoms with van der Waals surface area (Å²) < 4.78 is 1.53. The summed E-state index contributed by atoms with van der Waals surface area (Å²) in [7, 11) is 1.69. The van der Waals surface area contributed by atoms with Gasteiger partial charge in [-0.2, -0.15) is 0 Å². The fourth-order valence-corrected chi connectivity index (χ4v) is 2.69. The van der Waals surface area contributed by atoms with Crippen molar-refractivity contribution in [1.29, 1.82) is 0 Å². The molecule has 1 aromatic heterocycles. The molecule has 0 aliphatic carbocycles. The largest absolute Gasteiger partial charge is 0.330 e. The number of nitrogens with one attached hydrogen (secondary N) is 2. The summed E-state index contributed by atoms with van der Waals surface area (Å²) in [6.07, 6.45) is 1.64. The van der Waals surface area contributed by atoms with E-state index in [-0.39, 0.29) is 17.5 Å². The molecule has 0 unspecified atom stereocenters. The fraction of sp³-hybridized carbons (Fsp3) is 0.150. The Morgan fingerprint density at radius 3 is 2.19 bits per heavy atom. The third-order valence-corrected chi connectivity index (χ3v) is 4.33. The van der Waals surface area contributed by atoms with Crippen molar-refractivity contribution in [2.45, 2.75) is 13.8 Å². The minimum atomic E-state index is -0.257. The minimum absolute atomic E-state index is 0.0661. The molecule has 2 N–H and O–H groups in total. The van der Waals surface area contributed by atoms with Crippen molar-refractivity contribution < 1.29 is 9.59 Å². The van der Waals surface area contributed by atoms with Crippen LogP contribution in [0.4, 0.5) is 11.4 Å². The number of H-pyrrole nitrogens is 1. The van der Waals surface area contributed by atoms with E-state index >= 15 is 0 Å². The second-order valence-corrected chi connectivity index (χ2v) is 6.20. The quantitative estimate of drug-likeness (QED) is 0.746. The lowest BCUT2D eigenvalue weighted by atomic mass is 10.2. The summed E-state index contributed by atoms with van der Waals surface area (Å²) in [6.45, 7) is 3.31. The molecular formula is C20H20N4O3. The molecule has 3 aromatic rings. The Labute approximate surface area is 156 Å². The first-order valence-corrected chi connectivity index (χ1v) is 8.40. The summed E-state index contributed by atoms with van der Waals surface area (Å²) in [5.74, 6) is -0.323. The lowest BCUT2D eigenvalue weighted by molar-refractivity contribution is -0.116. The molecule has 2 aromatic carbocycles. The first kappa shape index (κ1) is 18.2. The van der Waals surface area contributed by atoms with Crippen molar-refractivity contribution in [2.75, 3.05) is 17.3 Å². The number of aromatic amines is 1. The molecular weight excluding hydrogens is 344 g/mol. The smallest absolute Gasteiger partial charge is 0.322 e. The van der Waals surface area contributed by atoms with Gasteiger partial charge in [0.1, 0.15) is 0 Å². The van der Waals surface area contributed by atoms with Crippen LogP contribution in [0.15, 0.2) is 59.5 Å². The molecule has 0 fully saturated rings. The van der Waals surface area contributed by atoms with E-state index < -0.39 is 0 Å². The predicted octanol–water partition coefficient (Wildman–Crippen LogP) is 2.71. The molecule has 7 heteroatoms. The fourth-order valence-electron chi connectivity index (χ4n) is 2.69. The van der Waals surface area contributed by atoms with Crippen molar-refractivity contribution in [3.05, 3.63) is 76.5 Å². The number of benzene rings is 2. The van der Waals surface area contributed by atoms with Crippen LogP contribution in [-0.4, -0.2) is 28.4 Å². The van der Waals surface area contributed by atoms with E-state index in [2.05, 4.69) is 10.3 Å². The molecule has 0 bridgehead atoms. The van der Waals surface area contributed by atoms with Crippen LogP contribution in [-0.2, 0) is 4.79 Å². The highest BCUT2D eigenvalue weighted by atomic mass is 16.2. The second kappa shape index (κ2) is 7.33. The number of imidazole rings is 1. The van der Waals surface area contributed by atoms with Crippen LogP contribution < -0.4 is 15.9 Å².